The van der Waals surface area contributed by atoms with Crippen LogP contribution in [0.1, 0.15) is 5.56 Å². The van der Waals surface area contributed by atoms with E-state index in [9.17, 15) is 0 Å². The van der Waals surface area contributed by atoms with Gasteiger partial charge in [-0.1, -0.05) is 35.9 Å². The zero-order chi connectivity index (χ0) is 16.3. The van der Waals surface area contributed by atoms with E-state index in [1.807, 2.05) is 36.4 Å². The predicted molar refractivity (Wildman–Crippen MR) is 110 cm³/mol. The number of benzene rings is 1. The number of pyridine rings is 1. The number of nitrogens with zero attached hydrogens (tertiary/aromatic N) is 2. The van der Waals surface area contributed by atoms with Gasteiger partial charge in [0.25, 0.3) is 0 Å². The van der Waals surface area contributed by atoms with Crippen LogP contribution in [0, 0.1) is 0 Å². The molecule has 0 amide bonds. The number of guanidine groups is 1. The molecule has 0 atom stereocenters. The highest BCUT2D eigenvalue weighted by molar-refractivity contribution is 14.0. The Bertz CT molecular complexity index is 608. The first kappa shape index (κ1) is 20.5. The summed E-state index contributed by atoms with van der Waals surface area (Å²) in [5, 5.41) is 6.98. The Morgan fingerprint density at radius 2 is 1.88 bits per heavy atom. The molecular formula is C17H22ClIN4O. The lowest BCUT2D eigenvalue weighted by molar-refractivity contribution is 0.322. The Hall–Kier alpha value is -1.54. The average molecular weight is 461 g/mol. The van der Waals surface area contributed by atoms with Crippen molar-refractivity contribution in [1.82, 2.24) is 15.6 Å². The highest BCUT2D eigenvalue weighted by Crippen LogP contribution is 2.07. The van der Waals surface area contributed by atoms with E-state index in [1.165, 1.54) is 0 Å². The zero-order valence-corrected chi connectivity index (χ0v) is 16.6. The molecule has 0 saturated heterocycles. The standard InChI is InChI=1S/C17H21ClN4O.HI/c1-19-17(20-10-9-14-7-8-16(18)22-13-14)21-11-12-23-15-5-3-2-4-6-15;/h2-8,13H,9-12H2,1H3,(H2,19,20,21);1H. The van der Waals surface area contributed by atoms with Crippen LogP contribution in [0.2, 0.25) is 5.15 Å². The molecule has 2 aromatic rings. The summed E-state index contributed by atoms with van der Waals surface area (Å²) in [5.74, 6) is 1.62. The smallest absolute Gasteiger partial charge is 0.191 e. The second-order valence-electron chi connectivity index (χ2n) is 4.83. The maximum Gasteiger partial charge on any atom is 0.191 e. The van der Waals surface area contributed by atoms with Gasteiger partial charge in [0.05, 0.1) is 6.54 Å². The quantitative estimate of drug-likeness (QED) is 0.219. The fraction of sp³-hybridized carbons (Fsp3) is 0.294. The summed E-state index contributed by atoms with van der Waals surface area (Å²) in [6.45, 7) is 2.02. The first-order valence-corrected chi connectivity index (χ1v) is 7.88. The number of aliphatic imine (C=N–C) groups is 1. The molecule has 0 saturated carbocycles. The second kappa shape index (κ2) is 11.9. The molecule has 2 rings (SSSR count). The van der Waals surface area contributed by atoms with Gasteiger partial charge in [0, 0.05) is 19.8 Å². The molecule has 0 aliphatic carbocycles. The number of ether oxygens (including phenoxy) is 1. The van der Waals surface area contributed by atoms with Gasteiger partial charge in [0.1, 0.15) is 17.5 Å². The van der Waals surface area contributed by atoms with Crippen LogP contribution < -0.4 is 15.4 Å². The molecule has 0 radical (unpaired) electrons. The van der Waals surface area contributed by atoms with Gasteiger partial charge in [-0.2, -0.15) is 0 Å². The molecule has 0 fully saturated rings. The van der Waals surface area contributed by atoms with Crippen molar-refractivity contribution in [2.75, 3.05) is 26.7 Å². The van der Waals surface area contributed by atoms with Crippen molar-refractivity contribution < 1.29 is 4.74 Å². The Morgan fingerprint density at radius 1 is 1.12 bits per heavy atom. The largest absolute Gasteiger partial charge is 0.492 e. The molecule has 5 nitrogen and oxygen atoms in total. The van der Waals surface area contributed by atoms with Gasteiger partial charge in [-0.15, -0.1) is 24.0 Å². The number of rotatable bonds is 7. The van der Waals surface area contributed by atoms with Gasteiger partial charge in [-0.25, -0.2) is 4.98 Å². The van der Waals surface area contributed by atoms with Crippen LogP contribution in [0.4, 0.5) is 0 Å². The minimum atomic E-state index is 0. The van der Waals surface area contributed by atoms with E-state index >= 15 is 0 Å². The molecule has 0 spiro atoms. The van der Waals surface area contributed by atoms with Crippen molar-refractivity contribution in [2.45, 2.75) is 6.42 Å². The third kappa shape index (κ3) is 7.83. The Labute approximate surface area is 164 Å². The molecule has 0 aliphatic heterocycles. The summed E-state index contributed by atoms with van der Waals surface area (Å²) in [4.78, 5) is 8.24. The van der Waals surface area contributed by atoms with Crippen LogP contribution in [0.25, 0.3) is 0 Å². The molecule has 1 aromatic heterocycles. The number of nitrogens with one attached hydrogen (secondary N) is 2. The van der Waals surface area contributed by atoms with Gasteiger partial charge in [-0.3, -0.25) is 4.99 Å². The molecule has 7 heteroatoms. The fourth-order valence-electron chi connectivity index (χ4n) is 1.96. The van der Waals surface area contributed by atoms with Crippen molar-refractivity contribution >= 4 is 41.5 Å². The summed E-state index contributed by atoms with van der Waals surface area (Å²) in [6, 6.07) is 13.5. The van der Waals surface area contributed by atoms with Crippen molar-refractivity contribution in [3.63, 3.8) is 0 Å². The van der Waals surface area contributed by atoms with Crippen molar-refractivity contribution in [2.24, 2.45) is 4.99 Å². The summed E-state index contributed by atoms with van der Waals surface area (Å²) < 4.78 is 5.62. The second-order valence-corrected chi connectivity index (χ2v) is 5.21. The van der Waals surface area contributed by atoms with Gasteiger partial charge in [-0.05, 0) is 30.2 Å². The molecular weight excluding hydrogens is 439 g/mol. The van der Waals surface area contributed by atoms with Crippen LogP contribution in [-0.4, -0.2) is 37.7 Å². The van der Waals surface area contributed by atoms with Crippen LogP contribution in [0.15, 0.2) is 53.7 Å². The van der Waals surface area contributed by atoms with E-state index in [0.717, 1.165) is 30.2 Å². The summed E-state index contributed by atoms with van der Waals surface area (Å²) in [6.07, 6.45) is 2.64. The van der Waals surface area contributed by atoms with E-state index < -0.39 is 0 Å². The first-order chi connectivity index (χ1) is 11.3. The number of hydrogen-bond donors (Lipinski definition) is 2. The number of halogens is 2. The number of para-hydroxylation sites is 1. The van der Waals surface area contributed by atoms with Crippen LogP contribution in [0.3, 0.4) is 0 Å². The van der Waals surface area contributed by atoms with E-state index in [-0.39, 0.29) is 24.0 Å². The van der Waals surface area contributed by atoms with Crippen molar-refractivity contribution in [3.05, 3.63) is 59.4 Å². The zero-order valence-electron chi connectivity index (χ0n) is 13.5. The highest BCUT2D eigenvalue weighted by atomic mass is 127. The van der Waals surface area contributed by atoms with E-state index in [1.54, 1.807) is 19.3 Å². The Balaban J connectivity index is 0.00000288. The van der Waals surface area contributed by atoms with Crippen LogP contribution in [0.5, 0.6) is 5.75 Å². The maximum absolute atomic E-state index is 5.77. The Morgan fingerprint density at radius 3 is 2.54 bits per heavy atom. The molecule has 1 heterocycles. The van der Waals surface area contributed by atoms with Gasteiger partial charge >= 0.3 is 0 Å². The molecule has 0 bridgehead atoms. The van der Waals surface area contributed by atoms with E-state index in [4.69, 9.17) is 16.3 Å². The van der Waals surface area contributed by atoms with Gasteiger partial charge < -0.3 is 15.4 Å². The first-order valence-electron chi connectivity index (χ1n) is 7.51. The Kier molecular flexibility index (Phi) is 10.2. The van der Waals surface area contributed by atoms with Crippen molar-refractivity contribution in [3.8, 4) is 5.75 Å². The van der Waals surface area contributed by atoms with E-state index in [2.05, 4.69) is 20.6 Å². The predicted octanol–water partition coefficient (Wildman–Crippen LogP) is 3.14. The molecule has 2 N–H and O–H groups in total. The summed E-state index contributed by atoms with van der Waals surface area (Å²) in [7, 11) is 1.75. The fourth-order valence-corrected chi connectivity index (χ4v) is 2.07. The number of aromatic nitrogens is 1. The number of hydrogen-bond acceptors (Lipinski definition) is 3. The lowest BCUT2D eigenvalue weighted by Crippen LogP contribution is -2.40. The summed E-state index contributed by atoms with van der Waals surface area (Å²) in [5.41, 5.74) is 1.13. The van der Waals surface area contributed by atoms with Crippen LogP contribution in [-0.2, 0) is 6.42 Å². The third-order valence-corrected chi connectivity index (χ3v) is 3.35. The molecule has 1 aromatic carbocycles. The normalized spacial score (nSPS) is 10.7. The average Bonchev–Trinajstić information content (AvgIpc) is 2.59. The monoisotopic (exact) mass is 460 g/mol. The van der Waals surface area contributed by atoms with Crippen molar-refractivity contribution in [1.29, 1.82) is 0 Å². The highest BCUT2D eigenvalue weighted by Gasteiger charge is 1.99. The van der Waals surface area contributed by atoms with Gasteiger partial charge in [0.15, 0.2) is 5.96 Å². The molecule has 0 unspecified atom stereocenters. The maximum atomic E-state index is 5.77. The molecule has 24 heavy (non-hydrogen) atoms. The summed E-state index contributed by atoms with van der Waals surface area (Å²) >= 11 is 5.77. The third-order valence-electron chi connectivity index (χ3n) is 3.12. The van der Waals surface area contributed by atoms with Crippen LogP contribution >= 0.6 is 35.6 Å². The lowest BCUT2D eigenvalue weighted by atomic mass is 10.2. The minimum Gasteiger partial charge on any atom is -0.492 e. The molecule has 0 aliphatic rings. The van der Waals surface area contributed by atoms with Gasteiger partial charge in [0.2, 0.25) is 0 Å². The lowest BCUT2D eigenvalue weighted by Gasteiger charge is -2.12. The topological polar surface area (TPSA) is 58.5 Å². The van der Waals surface area contributed by atoms with E-state index in [0.29, 0.717) is 18.3 Å². The SMILES string of the molecule is CN=C(NCCOc1ccccc1)NCCc1ccc(Cl)nc1.I. The molecule has 130 valence electrons. The minimum absolute atomic E-state index is 0.